The fraction of sp³-hybridized carbons (Fsp3) is 0.300. The first-order valence-electron chi connectivity index (χ1n) is 7.80. The van der Waals surface area contributed by atoms with Crippen LogP contribution in [0.25, 0.3) is 0 Å². The molecular weight excluding hydrogens is 304 g/mol. The van der Waals surface area contributed by atoms with Crippen LogP contribution in [-0.4, -0.2) is 11.9 Å². The second-order valence-electron chi connectivity index (χ2n) is 6.04. The van der Waals surface area contributed by atoms with Crippen LogP contribution in [-0.2, 0) is 9.59 Å². The smallest absolute Gasteiger partial charge is 0.418 e. The van der Waals surface area contributed by atoms with E-state index in [9.17, 15) is 9.59 Å². The maximum Gasteiger partial charge on any atom is 0.423 e. The molecule has 0 fully saturated rings. The summed E-state index contributed by atoms with van der Waals surface area (Å²) in [7, 11) is 0. The largest absolute Gasteiger partial charge is 0.423 e. The fourth-order valence-electron chi connectivity index (χ4n) is 2.37. The lowest BCUT2D eigenvalue weighted by atomic mass is 10.0. The lowest BCUT2D eigenvalue weighted by Gasteiger charge is -2.13. The molecule has 4 heteroatoms. The summed E-state index contributed by atoms with van der Waals surface area (Å²) in [5, 5.41) is 0. The van der Waals surface area contributed by atoms with Crippen LogP contribution >= 0.6 is 0 Å². The zero-order valence-corrected chi connectivity index (χ0v) is 14.9. The minimum Gasteiger partial charge on any atom is -0.418 e. The molecule has 0 unspecified atom stereocenters. The highest BCUT2D eigenvalue weighted by atomic mass is 16.6. The van der Waals surface area contributed by atoms with Crippen LogP contribution in [0.4, 0.5) is 0 Å². The van der Waals surface area contributed by atoms with Crippen LogP contribution in [0.2, 0.25) is 0 Å². The number of esters is 2. The quantitative estimate of drug-likeness (QED) is 0.475. The second kappa shape index (κ2) is 6.87. The summed E-state index contributed by atoms with van der Waals surface area (Å²) in [4.78, 5) is 24.1. The second-order valence-corrected chi connectivity index (χ2v) is 6.04. The Labute approximate surface area is 142 Å². The predicted octanol–water partition coefficient (Wildman–Crippen LogP) is 4.05. The molecule has 2 aromatic rings. The van der Waals surface area contributed by atoms with Crippen molar-refractivity contribution in [3.8, 4) is 11.5 Å². The summed E-state index contributed by atoms with van der Waals surface area (Å²) < 4.78 is 10.4. The third-order valence-corrected chi connectivity index (χ3v) is 4.59. The van der Waals surface area contributed by atoms with Crippen molar-refractivity contribution in [1.82, 2.24) is 0 Å². The molecule has 0 saturated carbocycles. The maximum atomic E-state index is 12.0. The molecule has 4 nitrogen and oxygen atoms in total. The molecule has 0 saturated heterocycles. The van der Waals surface area contributed by atoms with E-state index in [2.05, 4.69) is 0 Å². The summed E-state index contributed by atoms with van der Waals surface area (Å²) in [6, 6.07) is 7.07. The van der Waals surface area contributed by atoms with E-state index in [-0.39, 0.29) is 0 Å². The van der Waals surface area contributed by atoms with Crippen molar-refractivity contribution in [2.24, 2.45) is 0 Å². The molecule has 0 aliphatic heterocycles. The first kappa shape index (κ1) is 17.7. The number of hydrogen-bond donors (Lipinski definition) is 0. The first-order chi connectivity index (χ1) is 11.2. The minimum atomic E-state index is -1.03. The molecule has 126 valence electrons. The van der Waals surface area contributed by atoms with Gasteiger partial charge in [-0.25, -0.2) is 9.59 Å². The van der Waals surface area contributed by atoms with Crippen molar-refractivity contribution >= 4 is 11.9 Å². The molecule has 24 heavy (non-hydrogen) atoms. The number of carbonyl (C=O) groups is 2. The van der Waals surface area contributed by atoms with E-state index in [4.69, 9.17) is 9.47 Å². The van der Waals surface area contributed by atoms with Crippen molar-refractivity contribution in [2.45, 2.75) is 41.5 Å². The number of hydrogen-bond acceptors (Lipinski definition) is 4. The van der Waals surface area contributed by atoms with Crippen molar-refractivity contribution in [1.29, 1.82) is 0 Å². The Morgan fingerprint density at radius 2 is 0.917 bits per heavy atom. The topological polar surface area (TPSA) is 52.6 Å². The minimum absolute atomic E-state index is 0.372. The summed E-state index contributed by atoms with van der Waals surface area (Å²) in [5.74, 6) is -1.31. The van der Waals surface area contributed by atoms with Gasteiger partial charge in [0.15, 0.2) is 0 Å². The molecule has 0 spiro atoms. The summed E-state index contributed by atoms with van der Waals surface area (Å²) in [5.41, 5.74) is 5.91. The Bertz CT molecular complexity index is 749. The van der Waals surface area contributed by atoms with Gasteiger partial charge in [-0.3, -0.25) is 0 Å². The molecule has 0 heterocycles. The normalized spacial score (nSPS) is 10.4. The highest BCUT2D eigenvalue weighted by molar-refractivity contribution is 6.31. The van der Waals surface area contributed by atoms with E-state index in [1.165, 1.54) is 0 Å². The first-order valence-corrected chi connectivity index (χ1v) is 7.80. The molecule has 0 atom stereocenters. The third kappa shape index (κ3) is 3.48. The fourth-order valence-corrected chi connectivity index (χ4v) is 2.37. The number of ether oxygens (including phenoxy) is 2. The Morgan fingerprint density at radius 3 is 1.25 bits per heavy atom. The van der Waals surface area contributed by atoms with Crippen LogP contribution in [0.15, 0.2) is 24.3 Å². The SMILES string of the molecule is Cc1ccc(OC(=O)C(=O)Oc2ccc(C)c(C)c2C)c(C)c1C. The van der Waals surface area contributed by atoms with E-state index in [0.29, 0.717) is 11.5 Å². The Hall–Kier alpha value is -2.62. The highest BCUT2D eigenvalue weighted by Gasteiger charge is 2.22. The molecule has 2 rings (SSSR count). The summed E-state index contributed by atoms with van der Waals surface area (Å²) in [6.07, 6.45) is 0. The van der Waals surface area contributed by atoms with Gasteiger partial charge in [0.25, 0.3) is 0 Å². The molecule has 0 aliphatic carbocycles. The maximum absolute atomic E-state index is 12.0. The van der Waals surface area contributed by atoms with Gasteiger partial charge >= 0.3 is 11.9 Å². The van der Waals surface area contributed by atoms with E-state index in [0.717, 1.165) is 33.4 Å². The van der Waals surface area contributed by atoms with Crippen LogP contribution in [0.5, 0.6) is 11.5 Å². The van der Waals surface area contributed by atoms with Crippen LogP contribution in [0.3, 0.4) is 0 Å². The molecule has 2 aromatic carbocycles. The summed E-state index contributed by atoms with van der Waals surface area (Å²) in [6.45, 7) is 11.5. The molecule has 0 aliphatic rings. The number of aryl methyl sites for hydroxylation is 2. The zero-order valence-electron chi connectivity index (χ0n) is 14.9. The van der Waals surface area contributed by atoms with Crippen molar-refractivity contribution < 1.29 is 19.1 Å². The lowest BCUT2D eigenvalue weighted by Crippen LogP contribution is -2.26. The molecule has 0 bridgehead atoms. The van der Waals surface area contributed by atoms with Gasteiger partial charge in [0, 0.05) is 0 Å². The number of benzene rings is 2. The van der Waals surface area contributed by atoms with Crippen LogP contribution in [0.1, 0.15) is 33.4 Å². The van der Waals surface area contributed by atoms with Gasteiger partial charge in [-0.1, -0.05) is 12.1 Å². The van der Waals surface area contributed by atoms with Gasteiger partial charge in [-0.15, -0.1) is 0 Å². The van der Waals surface area contributed by atoms with Gasteiger partial charge in [0.1, 0.15) is 11.5 Å². The van der Waals surface area contributed by atoms with Gasteiger partial charge in [0.05, 0.1) is 0 Å². The average molecular weight is 326 g/mol. The molecule has 0 N–H and O–H groups in total. The Balaban J connectivity index is 2.15. The molecule has 0 aromatic heterocycles. The Morgan fingerprint density at radius 1 is 0.583 bits per heavy atom. The van der Waals surface area contributed by atoms with E-state index < -0.39 is 11.9 Å². The molecular formula is C20H22O4. The van der Waals surface area contributed by atoms with E-state index in [1.54, 1.807) is 12.1 Å². The van der Waals surface area contributed by atoms with Crippen LogP contribution < -0.4 is 9.47 Å². The standard InChI is InChI=1S/C20H22O4/c1-11-7-9-17(15(5)13(11)3)23-19(21)20(22)24-18-10-8-12(2)14(4)16(18)6/h7-10H,1-6H3. The van der Waals surface area contributed by atoms with Gasteiger partial charge in [-0.2, -0.15) is 0 Å². The lowest BCUT2D eigenvalue weighted by molar-refractivity contribution is -0.156. The molecule has 0 amide bonds. The van der Waals surface area contributed by atoms with Gasteiger partial charge < -0.3 is 9.47 Å². The van der Waals surface area contributed by atoms with E-state index >= 15 is 0 Å². The number of rotatable bonds is 2. The van der Waals surface area contributed by atoms with Crippen LogP contribution in [0, 0.1) is 41.5 Å². The Kier molecular flexibility index (Phi) is 5.07. The molecule has 0 radical (unpaired) electrons. The highest BCUT2D eigenvalue weighted by Crippen LogP contribution is 2.25. The van der Waals surface area contributed by atoms with Crippen molar-refractivity contribution in [3.63, 3.8) is 0 Å². The van der Waals surface area contributed by atoms with E-state index in [1.807, 2.05) is 53.7 Å². The van der Waals surface area contributed by atoms with Gasteiger partial charge in [0.2, 0.25) is 0 Å². The number of carbonyl (C=O) groups excluding carboxylic acids is 2. The van der Waals surface area contributed by atoms with Gasteiger partial charge in [-0.05, 0) is 87.1 Å². The monoisotopic (exact) mass is 326 g/mol. The summed E-state index contributed by atoms with van der Waals surface area (Å²) >= 11 is 0. The average Bonchev–Trinajstić information content (AvgIpc) is 2.55. The third-order valence-electron chi connectivity index (χ3n) is 4.59. The van der Waals surface area contributed by atoms with Crippen molar-refractivity contribution in [2.75, 3.05) is 0 Å². The predicted molar refractivity (Wildman–Crippen MR) is 92.6 cm³/mol. The van der Waals surface area contributed by atoms with Crippen molar-refractivity contribution in [3.05, 3.63) is 57.6 Å². The zero-order chi connectivity index (χ0) is 18.0.